The molecule has 0 radical (unpaired) electrons. The lowest BCUT2D eigenvalue weighted by Gasteiger charge is -2.29. The standard InChI is InChI=1S/C15H28N2O2/c1-12(2)11-17-7-5-13(6-8-17)15(18)16-10-14-4-3-9-19-14/h12-14H,3-11H2,1-2H3,(H,16,18)/p+1/t14-/m1/s1. The molecule has 19 heavy (non-hydrogen) atoms. The lowest BCUT2D eigenvalue weighted by atomic mass is 9.95. The Hall–Kier alpha value is -0.610. The molecule has 2 saturated heterocycles. The van der Waals surface area contributed by atoms with Gasteiger partial charge in [-0.15, -0.1) is 0 Å². The molecule has 0 bridgehead atoms. The van der Waals surface area contributed by atoms with Gasteiger partial charge in [-0.2, -0.15) is 0 Å². The smallest absolute Gasteiger partial charge is 0.223 e. The van der Waals surface area contributed by atoms with Crippen molar-refractivity contribution in [3.63, 3.8) is 0 Å². The van der Waals surface area contributed by atoms with E-state index in [0.29, 0.717) is 6.54 Å². The summed E-state index contributed by atoms with van der Waals surface area (Å²) in [6, 6.07) is 0. The Kier molecular flexibility index (Phi) is 5.64. The van der Waals surface area contributed by atoms with Crippen LogP contribution in [0.25, 0.3) is 0 Å². The van der Waals surface area contributed by atoms with Gasteiger partial charge in [0.2, 0.25) is 5.91 Å². The largest absolute Gasteiger partial charge is 0.376 e. The second kappa shape index (κ2) is 7.25. The van der Waals surface area contributed by atoms with Gasteiger partial charge >= 0.3 is 0 Å². The Labute approximate surface area is 116 Å². The molecule has 2 rings (SSSR count). The molecule has 2 N–H and O–H groups in total. The summed E-state index contributed by atoms with van der Waals surface area (Å²) < 4.78 is 5.53. The first-order valence-electron chi connectivity index (χ1n) is 7.88. The summed E-state index contributed by atoms with van der Waals surface area (Å²) in [4.78, 5) is 13.8. The summed E-state index contributed by atoms with van der Waals surface area (Å²) in [6.45, 7) is 9.65. The molecule has 2 aliphatic heterocycles. The van der Waals surface area contributed by atoms with E-state index in [1.165, 1.54) is 6.54 Å². The highest BCUT2D eigenvalue weighted by molar-refractivity contribution is 5.78. The van der Waals surface area contributed by atoms with Crippen molar-refractivity contribution in [2.75, 3.05) is 32.8 Å². The van der Waals surface area contributed by atoms with Crippen molar-refractivity contribution < 1.29 is 14.4 Å². The number of hydrogen-bond acceptors (Lipinski definition) is 2. The third kappa shape index (κ3) is 4.77. The summed E-state index contributed by atoms with van der Waals surface area (Å²) in [5, 5.41) is 3.08. The van der Waals surface area contributed by atoms with E-state index in [9.17, 15) is 4.79 Å². The van der Waals surface area contributed by atoms with Crippen LogP contribution in [0.3, 0.4) is 0 Å². The SMILES string of the molecule is CC(C)C[NH+]1CCC(C(=O)NC[C@H]2CCCO2)CC1. The highest BCUT2D eigenvalue weighted by Crippen LogP contribution is 2.13. The van der Waals surface area contributed by atoms with Crippen LogP contribution < -0.4 is 10.2 Å². The Morgan fingerprint density at radius 2 is 2.05 bits per heavy atom. The molecule has 0 aliphatic carbocycles. The van der Waals surface area contributed by atoms with Gasteiger partial charge in [-0.3, -0.25) is 4.79 Å². The van der Waals surface area contributed by atoms with E-state index in [1.54, 1.807) is 4.90 Å². The average Bonchev–Trinajstić information content (AvgIpc) is 2.89. The van der Waals surface area contributed by atoms with Crippen LogP contribution in [-0.4, -0.2) is 44.8 Å². The fourth-order valence-corrected chi connectivity index (χ4v) is 3.23. The van der Waals surface area contributed by atoms with Crippen molar-refractivity contribution in [3.8, 4) is 0 Å². The number of ether oxygens (including phenoxy) is 1. The van der Waals surface area contributed by atoms with Crippen LogP contribution in [0.4, 0.5) is 0 Å². The van der Waals surface area contributed by atoms with Crippen molar-refractivity contribution in [1.82, 2.24) is 5.32 Å². The van der Waals surface area contributed by atoms with Gasteiger partial charge in [0, 0.05) is 37.8 Å². The summed E-state index contributed by atoms with van der Waals surface area (Å²) in [5.41, 5.74) is 0. The molecule has 2 fully saturated rings. The molecule has 110 valence electrons. The zero-order chi connectivity index (χ0) is 13.7. The molecule has 0 aromatic rings. The van der Waals surface area contributed by atoms with Gasteiger partial charge in [0.15, 0.2) is 0 Å². The van der Waals surface area contributed by atoms with Crippen LogP contribution in [-0.2, 0) is 9.53 Å². The van der Waals surface area contributed by atoms with Crippen molar-refractivity contribution in [3.05, 3.63) is 0 Å². The lowest BCUT2D eigenvalue weighted by Crippen LogP contribution is -3.13. The molecule has 4 heteroatoms. The van der Waals surface area contributed by atoms with Crippen molar-refractivity contribution in [2.45, 2.75) is 45.6 Å². The van der Waals surface area contributed by atoms with Gasteiger partial charge in [0.1, 0.15) is 0 Å². The molecular weight excluding hydrogens is 240 g/mol. The number of quaternary nitrogens is 1. The molecule has 2 aliphatic rings. The van der Waals surface area contributed by atoms with E-state index in [2.05, 4.69) is 19.2 Å². The summed E-state index contributed by atoms with van der Waals surface area (Å²) in [5.74, 6) is 1.23. The second-order valence-electron chi connectivity index (χ2n) is 6.50. The maximum absolute atomic E-state index is 12.1. The molecule has 0 aromatic heterocycles. The minimum absolute atomic E-state index is 0.234. The number of carbonyl (C=O) groups is 1. The van der Waals surface area contributed by atoms with Crippen LogP contribution in [0.1, 0.15) is 39.5 Å². The number of rotatable bonds is 5. The van der Waals surface area contributed by atoms with Gasteiger partial charge < -0.3 is 15.0 Å². The highest BCUT2D eigenvalue weighted by Gasteiger charge is 2.28. The molecular formula is C15H29N2O2+. The van der Waals surface area contributed by atoms with Crippen molar-refractivity contribution >= 4 is 5.91 Å². The molecule has 0 aromatic carbocycles. The fourth-order valence-electron chi connectivity index (χ4n) is 3.23. The first-order valence-corrected chi connectivity index (χ1v) is 7.88. The number of piperidine rings is 1. The molecule has 4 nitrogen and oxygen atoms in total. The Balaban J connectivity index is 1.64. The first-order chi connectivity index (χ1) is 9.15. The minimum atomic E-state index is 0.234. The number of carbonyl (C=O) groups excluding carboxylic acids is 1. The monoisotopic (exact) mass is 269 g/mol. The first kappa shape index (κ1) is 14.8. The Bertz CT molecular complexity index is 280. The topological polar surface area (TPSA) is 42.8 Å². The van der Waals surface area contributed by atoms with Gasteiger partial charge in [-0.1, -0.05) is 13.8 Å². The van der Waals surface area contributed by atoms with E-state index in [4.69, 9.17) is 4.74 Å². The van der Waals surface area contributed by atoms with Crippen molar-refractivity contribution in [2.24, 2.45) is 11.8 Å². The number of nitrogens with one attached hydrogen (secondary N) is 2. The third-order valence-electron chi connectivity index (χ3n) is 4.29. The van der Waals surface area contributed by atoms with Crippen LogP contribution in [0.15, 0.2) is 0 Å². The predicted molar refractivity (Wildman–Crippen MR) is 75.1 cm³/mol. The van der Waals surface area contributed by atoms with E-state index in [0.717, 1.165) is 51.3 Å². The summed E-state index contributed by atoms with van der Waals surface area (Å²) >= 11 is 0. The highest BCUT2D eigenvalue weighted by atomic mass is 16.5. The zero-order valence-electron chi connectivity index (χ0n) is 12.4. The van der Waals surface area contributed by atoms with E-state index in [-0.39, 0.29) is 17.9 Å². The Morgan fingerprint density at radius 1 is 1.32 bits per heavy atom. The summed E-state index contributed by atoms with van der Waals surface area (Å²) in [6.07, 6.45) is 4.57. The molecule has 2 heterocycles. The van der Waals surface area contributed by atoms with Crippen LogP contribution in [0, 0.1) is 11.8 Å². The molecule has 0 unspecified atom stereocenters. The van der Waals surface area contributed by atoms with Crippen LogP contribution in [0.5, 0.6) is 0 Å². The van der Waals surface area contributed by atoms with Crippen LogP contribution in [0.2, 0.25) is 0 Å². The quantitative estimate of drug-likeness (QED) is 0.750. The van der Waals surface area contributed by atoms with Gasteiger partial charge in [0.25, 0.3) is 0 Å². The molecule has 1 amide bonds. The third-order valence-corrected chi connectivity index (χ3v) is 4.29. The van der Waals surface area contributed by atoms with Gasteiger partial charge in [0.05, 0.1) is 25.7 Å². The maximum atomic E-state index is 12.1. The molecule has 1 atom stereocenters. The predicted octanol–water partition coefficient (Wildman–Crippen LogP) is 0.233. The van der Waals surface area contributed by atoms with Crippen LogP contribution >= 0.6 is 0 Å². The normalized spacial score (nSPS) is 31.6. The maximum Gasteiger partial charge on any atom is 0.223 e. The van der Waals surface area contributed by atoms with E-state index in [1.807, 2.05) is 0 Å². The fraction of sp³-hybridized carbons (Fsp3) is 0.933. The van der Waals surface area contributed by atoms with E-state index < -0.39 is 0 Å². The molecule has 0 spiro atoms. The second-order valence-corrected chi connectivity index (χ2v) is 6.50. The average molecular weight is 269 g/mol. The number of amides is 1. The number of likely N-dealkylation sites (tertiary alicyclic amines) is 1. The lowest BCUT2D eigenvalue weighted by molar-refractivity contribution is -0.908. The van der Waals surface area contributed by atoms with E-state index >= 15 is 0 Å². The van der Waals surface area contributed by atoms with Gasteiger partial charge in [-0.05, 0) is 12.8 Å². The number of hydrogen-bond donors (Lipinski definition) is 2. The summed E-state index contributed by atoms with van der Waals surface area (Å²) in [7, 11) is 0. The van der Waals surface area contributed by atoms with Crippen molar-refractivity contribution in [1.29, 1.82) is 0 Å². The van der Waals surface area contributed by atoms with Gasteiger partial charge in [-0.25, -0.2) is 0 Å². The Morgan fingerprint density at radius 3 is 2.63 bits per heavy atom. The zero-order valence-corrected chi connectivity index (χ0v) is 12.4. The minimum Gasteiger partial charge on any atom is -0.376 e. The molecule has 0 saturated carbocycles.